The van der Waals surface area contributed by atoms with Crippen molar-refractivity contribution in [2.75, 3.05) is 13.7 Å². The number of hydrogen-bond acceptors (Lipinski definition) is 3. The van der Waals surface area contributed by atoms with Crippen LogP contribution in [0.4, 0.5) is 0 Å². The molecule has 5 heteroatoms. The predicted molar refractivity (Wildman–Crippen MR) is 88.1 cm³/mol. The Morgan fingerprint density at radius 1 is 1.13 bits per heavy atom. The van der Waals surface area contributed by atoms with Crippen LogP contribution in [0.25, 0.3) is 0 Å². The minimum absolute atomic E-state index is 0.135. The van der Waals surface area contributed by atoms with Crippen LogP contribution in [0.15, 0.2) is 48.5 Å². The molecule has 2 rings (SSSR count). The average Bonchev–Trinajstić information content (AvgIpc) is 2.54. The zero-order valence-corrected chi connectivity index (χ0v) is 13.3. The van der Waals surface area contributed by atoms with Crippen molar-refractivity contribution in [3.8, 4) is 5.75 Å². The number of amides is 2. The van der Waals surface area contributed by atoms with Gasteiger partial charge in [-0.1, -0.05) is 30.3 Å². The number of nitrogens with two attached hydrogens (primary N) is 1. The number of carbonyl (C=O) groups is 2. The highest BCUT2D eigenvalue weighted by atomic mass is 16.5. The van der Waals surface area contributed by atoms with Gasteiger partial charge in [0.25, 0.3) is 5.91 Å². The van der Waals surface area contributed by atoms with E-state index in [1.165, 1.54) is 4.90 Å². The number of aryl methyl sites for hydroxylation is 1. The van der Waals surface area contributed by atoms with Gasteiger partial charge in [-0.15, -0.1) is 0 Å². The molecule has 0 saturated carbocycles. The van der Waals surface area contributed by atoms with E-state index in [0.717, 1.165) is 11.1 Å². The molecule has 0 saturated heterocycles. The molecule has 2 amide bonds. The fraction of sp³-hybridized carbons (Fsp3) is 0.222. The van der Waals surface area contributed by atoms with Crippen LogP contribution >= 0.6 is 0 Å². The fourth-order valence-corrected chi connectivity index (χ4v) is 2.36. The lowest BCUT2D eigenvalue weighted by Crippen LogP contribution is -2.38. The zero-order chi connectivity index (χ0) is 16.8. The molecule has 0 bridgehead atoms. The third-order valence-electron chi connectivity index (χ3n) is 3.52. The Balaban J connectivity index is 2.27. The van der Waals surface area contributed by atoms with Crippen molar-refractivity contribution in [3.05, 3.63) is 65.2 Å². The van der Waals surface area contributed by atoms with E-state index in [2.05, 4.69) is 0 Å². The fourth-order valence-electron chi connectivity index (χ4n) is 2.36. The van der Waals surface area contributed by atoms with Crippen molar-refractivity contribution in [3.63, 3.8) is 0 Å². The minimum atomic E-state index is -0.546. The monoisotopic (exact) mass is 312 g/mol. The highest BCUT2D eigenvalue weighted by Crippen LogP contribution is 2.17. The van der Waals surface area contributed by atoms with Crippen LogP contribution in [0.1, 0.15) is 21.5 Å². The lowest BCUT2D eigenvalue weighted by molar-refractivity contribution is -0.118. The Kier molecular flexibility index (Phi) is 5.36. The first kappa shape index (κ1) is 16.5. The number of rotatable bonds is 6. The standard InChI is InChI=1S/C18H20N2O3/c1-13-6-3-4-9-16(13)18(22)20(12-17(19)21)11-14-7-5-8-15(10-14)23-2/h3-10H,11-12H2,1-2H3,(H2,19,21). The van der Waals surface area contributed by atoms with Gasteiger partial charge in [0.2, 0.25) is 5.91 Å². The number of primary amides is 1. The maximum absolute atomic E-state index is 12.7. The van der Waals surface area contributed by atoms with Gasteiger partial charge in [-0.2, -0.15) is 0 Å². The molecule has 0 radical (unpaired) electrons. The van der Waals surface area contributed by atoms with Gasteiger partial charge < -0.3 is 15.4 Å². The number of ether oxygens (including phenoxy) is 1. The Bertz CT molecular complexity index is 713. The van der Waals surface area contributed by atoms with Crippen LogP contribution in [0, 0.1) is 6.92 Å². The normalized spacial score (nSPS) is 10.2. The summed E-state index contributed by atoms with van der Waals surface area (Å²) in [7, 11) is 1.58. The molecule has 120 valence electrons. The molecule has 2 aromatic rings. The molecule has 0 heterocycles. The number of nitrogens with zero attached hydrogens (tertiary/aromatic N) is 1. The zero-order valence-electron chi connectivity index (χ0n) is 13.3. The summed E-state index contributed by atoms with van der Waals surface area (Å²) in [6, 6.07) is 14.7. The van der Waals surface area contributed by atoms with Gasteiger partial charge in [-0.25, -0.2) is 0 Å². The quantitative estimate of drug-likeness (QED) is 0.888. The number of carbonyl (C=O) groups excluding carboxylic acids is 2. The van der Waals surface area contributed by atoms with Crippen molar-refractivity contribution < 1.29 is 14.3 Å². The van der Waals surface area contributed by atoms with Gasteiger partial charge in [0.1, 0.15) is 5.75 Å². The molecule has 0 spiro atoms. The molecule has 0 aliphatic rings. The summed E-state index contributed by atoms with van der Waals surface area (Å²) >= 11 is 0. The Morgan fingerprint density at radius 2 is 1.87 bits per heavy atom. The third kappa shape index (κ3) is 4.32. The van der Waals surface area contributed by atoms with E-state index < -0.39 is 5.91 Å². The van der Waals surface area contributed by atoms with Crippen molar-refractivity contribution in [1.82, 2.24) is 4.90 Å². The molecule has 2 aromatic carbocycles. The Hall–Kier alpha value is -2.82. The highest BCUT2D eigenvalue weighted by Gasteiger charge is 2.19. The van der Waals surface area contributed by atoms with Crippen LogP contribution in [0.3, 0.4) is 0 Å². The summed E-state index contributed by atoms with van der Waals surface area (Å²) in [6.45, 7) is 2.01. The van der Waals surface area contributed by atoms with Gasteiger partial charge in [0.15, 0.2) is 0 Å². The summed E-state index contributed by atoms with van der Waals surface area (Å²) in [5, 5.41) is 0. The summed E-state index contributed by atoms with van der Waals surface area (Å²) < 4.78 is 5.19. The molecule has 5 nitrogen and oxygen atoms in total. The van der Waals surface area contributed by atoms with Gasteiger partial charge in [0.05, 0.1) is 13.7 Å². The molecule has 0 atom stereocenters. The van der Waals surface area contributed by atoms with Crippen molar-refractivity contribution in [2.45, 2.75) is 13.5 Å². The smallest absolute Gasteiger partial charge is 0.254 e. The van der Waals surface area contributed by atoms with Crippen molar-refractivity contribution in [1.29, 1.82) is 0 Å². The van der Waals surface area contributed by atoms with Crippen LogP contribution in [0.2, 0.25) is 0 Å². The summed E-state index contributed by atoms with van der Waals surface area (Å²) in [5.74, 6) is -0.0654. The van der Waals surface area contributed by atoms with E-state index in [9.17, 15) is 9.59 Å². The molecule has 2 N–H and O–H groups in total. The summed E-state index contributed by atoms with van der Waals surface area (Å²) in [6.07, 6.45) is 0. The molecule has 0 aliphatic heterocycles. The van der Waals surface area contributed by atoms with E-state index in [4.69, 9.17) is 10.5 Å². The molecular weight excluding hydrogens is 292 g/mol. The second kappa shape index (κ2) is 7.45. The molecule has 0 unspecified atom stereocenters. The summed E-state index contributed by atoms with van der Waals surface area (Å²) in [5.41, 5.74) is 7.59. The predicted octanol–water partition coefficient (Wildman–Crippen LogP) is 2.13. The number of hydrogen-bond donors (Lipinski definition) is 1. The lowest BCUT2D eigenvalue weighted by atomic mass is 10.1. The number of benzene rings is 2. The average molecular weight is 312 g/mol. The van der Waals surface area contributed by atoms with E-state index in [0.29, 0.717) is 11.3 Å². The maximum Gasteiger partial charge on any atom is 0.254 e. The van der Waals surface area contributed by atoms with E-state index >= 15 is 0 Å². The molecular formula is C18H20N2O3. The molecule has 0 aromatic heterocycles. The largest absolute Gasteiger partial charge is 0.497 e. The maximum atomic E-state index is 12.7. The van der Waals surface area contributed by atoms with E-state index in [1.807, 2.05) is 43.3 Å². The third-order valence-corrected chi connectivity index (χ3v) is 3.52. The van der Waals surface area contributed by atoms with Crippen molar-refractivity contribution in [2.24, 2.45) is 5.73 Å². The van der Waals surface area contributed by atoms with Crippen molar-refractivity contribution >= 4 is 11.8 Å². The SMILES string of the molecule is COc1cccc(CN(CC(N)=O)C(=O)c2ccccc2C)c1. The lowest BCUT2D eigenvalue weighted by Gasteiger charge is -2.22. The van der Waals surface area contributed by atoms with Crippen LogP contribution in [-0.2, 0) is 11.3 Å². The molecule has 0 aliphatic carbocycles. The second-order valence-electron chi connectivity index (χ2n) is 5.29. The van der Waals surface area contributed by atoms with Crippen LogP contribution in [-0.4, -0.2) is 30.4 Å². The first-order valence-corrected chi connectivity index (χ1v) is 7.27. The molecule has 0 fully saturated rings. The first-order chi connectivity index (χ1) is 11.0. The first-order valence-electron chi connectivity index (χ1n) is 7.27. The van der Waals surface area contributed by atoms with Gasteiger partial charge in [-0.05, 0) is 36.2 Å². The van der Waals surface area contributed by atoms with Gasteiger partial charge in [0, 0.05) is 12.1 Å². The van der Waals surface area contributed by atoms with Gasteiger partial charge in [-0.3, -0.25) is 9.59 Å². The number of methoxy groups -OCH3 is 1. The Labute approximate surface area is 135 Å². The highest BCUT2D eigenvalue weighted by molar-refractivity contribution is 5.97. The minimum Gasteiger partial charge on any atom is -0.497 e. The Morgan fingerprint density at radius 3 is 2.52 bits per heavy atom. The summed E-state index contributed by atoms with van der Waals surface area (Å²) in [4.78, 5) is 25.5. The topological polar surface area (TPSA) is 72.6 Å². The van der Waals surface area contributed by atoms with E-state index in [-0.39, 0.29) is 19.0 Å². The molecule has 23 heavy (non-hydrogen) atoms. The van der Waals surface area contributed by atoms with Gasteiger partial charge >= 0.3 is 0 Å². The second-order valence-corrected chi connectivity index (χ2v) is 5.29. The van der Waals surface area contributed by atoms with Crippen LogP contribution < -0.4 is 10.5 Å². The van der Waals surface area contributed by atoms with Crippen LogP contribution in [0.5, 0.6) is 5.75 Å². The van der Waals surface area contributed by atoms with E-state index in [1.54, 1.807) is 19.2 Å².